The van der Waals surface area contributed by atoms with E-state index in [0.29, 0.717) is 36.2 Å². The highest BCUT2D eigenvalue weighted by atomic mass is 16.2. The number of allylic oxidation sites excluding steroid dienone is 3. The van der Waals surface area contributed by atoms with E-state index in [1.54, 1.807) is 23.2 Å². The van der Waals surface area contributed by atoms with Crippen LogP contribution in [0.3, 0.4) is 0 Å². The van der Waals surface area contributed by atoms with Gasteiger partial charge in [-0.05, 0) is 56.6 Å². The lowest BCUT2D eigenvalue weighted by molar-refractivity contribution is -0.123. The lowest BCUT2D eigenvalue weighted by Gasteiger charge is -2.40. The zero-order valence-electron chi connectivity index (χ0n) is 17.6. The van der Waals surface area contributed by atoms with Crippen LogP contribution in [0.4, 0.5) is 0 Å². The lowest BCUT2D eigenvalue weighted by atomic mass is 9.63. The van der Waals surface area contributed by atoms with E-state index in [2.05, 4.69) is 19.1 Å². The maximum absolute atomic E-state index is 13.5. The normalized spacial score (nSPS) is 28.0. The van der Waals surface area contributed by atoms with Crippen LogP contribution in [0.25, 0.3) is 6.08 Å². The molecule has 4 rings (SSSR count). The van der Waals surface area contributed by atoms with Crippen LogP contribution in [0.5, 0.6) is 0 Å². The van der Waals surface area contributed by atoms with Gasteiger partial charge < -0.3 is 4.90 Å². The molecule has 0 bridgehead atoms. The SMILES string of the molecule is CCN(CC)C(=O)c1ccn2c1C=C(C(=O)C1C(C)C=CC3CCCCC31)C2=O. The molecule has 2 aliphatic carbocycles. The van der Waals surface area contributed by atoms with Crippen molar-refractivity contribution >= 4 is 23.7 Å². The lowest BCUT2D eigenvalue weighted by Crippen LogP contribution is -2.39. The molecule has 1 amide bonds. The van der Waals surface area contributed by atoms with E-state index < -0.39 is 0 Å². The first-order chi connectivity index (χ1) is 14.0. The summed E-state index contributed by atoms with van der Waals surface area (Å²) in [7, 11) is 0. The molecule has 1 aromatic heterocycles. The highest BCUT2D eigenvalue weighted by Crippen LogP contribution is 2.44. The summed E-state index contributed by atoms with van der Waals surface area (Å²) in [5, 5.41) is 0. The summed E-state index contributed by atoms with van der Waals surface area (Å²) in [6.07, 6.45) is 12.3. The molecule has 4 unspecified atom stereocenters. The van der Waals surface area contributed by atoms with Gasteiger partial charge in [-0.2, -0.15) is 0 Å². The van der Waals surface area contributed by atoms with Gasteiger partial charge in [-0.1, -0.05) is 31.9 Å². The van der Waals surface area contributed by atoms with E-state index >= 15 is 0 Å². The van der Waals surface area contributed by atoms with Crippen molar-refractivity contribution in [1.29, 1.82) is 0 Å². The molecule has 3 aliphatic rings. The Morgan fingerprint density at radius 1 is 1.14 bits per heavy atom. The molecule has 0 N–H and O–H groups in total. The first kappa shape index (κ1) is 19.9. The molecule has 1 fully saturated rings. The number of rotatable bonds is 5. The van der Waals surface area contributed by atoms with Crippen molar-refractivity contribution in [3.8, 4) is 0 Å². The molecular formula is C24H30N2O3. The minimum Gasteiger partial charge on any atom is -0.339 e. The molecule has 2 heterocycles. The van der Waals surface area contributed by atoms with Crippen molar-refractivity contribution in [1.82, 2.24) is 9.47 Å². The number of fused-ring (bicyclic) bond motifs is 2. The fourth-order valence-electron chi connectivity index (χ4n) is 5.45. The Bertz CT molecular complexity index is 903. The van der Waals surface area contributed by atoms with Gasteiger partial charge in [-0.25, -0.2) is 0 Å². The van der Waals surface area contributed by atoms with Crippen molar-refractivity contribution in [2.24, 2.45) is 23.7 Å². The van der Waals surface area contributed by atoms with Gasteiger partial charge >= 0.3 is 0 Å². The summed E-state index contributed by atoms with van der Waals surface area (Å²) in [5.41, 5.74) is 1.29. The third kappa shape index (κ3) is 3.21. The largest absolute Gasteiger partial charge is 0.339 e. The third-order valence-corrected chi connectivity index (χ3v) is 7.07. The summed E-state index contributed by atoms with van der Waals surface area (Å²) in [6.45, 7) is 7.18. The molecule has 4 atom stereocenters. The fraction of sp³-hybridized carbons (Fsp3) is 0.542. The van der Waals surface area contributed by atoms with Crippen LogP contribution in [0, 0.1) is 23.7 Å². The van der Waals surface area contributed by atoms with Gasteiger partial charge in [0.1, 0.15) is 0 Å². The van der Waals surface area contributed by atoms with Crippen LogP contribution in [-0.4, -0.2) is 40.2 Å². The van der Waals surface area contributed by atoms with E-state index in [4.69, 9.17) is 0 Å². The van der Waals surface area contributed by atoms with E-state index in [1.165, 1.54) is 11.0 Å². The maximum atomic E-state index is 13.5. The first-order valence-corrected chi connectivity index (χ1v) is 11.0. The number of aromatic nitrogens is 1. The van der Waals surface area contributed by atoms with Crippen molar-refractivity contribution in [3.05, 3.63) is 41.2 Å². The molecule has 29 heavy (non-hydrogen) atoms. The van der Waals surface area contributed by atoms with Crippen LogP contribution in [0.15, 0.2) is 30.0 Å². The van der Waals surface area contributed by atoms with Gasteiger partial charge in [-0.15, -0.1) is 0 Å². The second kappa shape index (κ2) is 7.77. The van der Waals surface area contributed by atoms with Crippen molar-refractivity contribution < 1.29 is 14.4 Å². The van der Waals surface area contributed by atoms with Crippen LogP contribution in [-0.2, 0) is 4.79 Å². The monoisotopic (exact) mass is 394 g/mol. The smallest absolute Gasteiger partial charge is 0.266 e. The van der Waals surface area contributed by atoms with Crippen molar-refractivity contribution in [3.63, 3.8) is 0 Å². The number of Topliss-reactive ketones (excluding diaryl/α,β-unsaturated/α-hetero) is 1. The van der Waals surface area contributed by atoms with Gasteiger partial charge in [0.15, 0.2) is 5.78 Å². The Morgan fingerprint density at radius 3 is 2.59 bits per heavy atom. The van der Waals surface area contributed by atoms with Gasteiger partial charge in [0.25, 0.3) is 11.8 Å². The van der Waals surface area contributed by atoms with E-state index in [9.17, 15) is 14.4 Å². The molecule has 5 nitrogen and oxygen atoms in total. The molecule has 0 spiro atoms. The van der Waals surface area contributed by atoms with Crippen molar-refractivity contribution in [2.75, 3.05) is 13.1 Å². The highest BCUT2D eigenvalue weighted by Gasteiger charge is 2.43. The summed E-state index contributed by atoms with van der Waals surface area (Å²) in [6, 6.07) is 1.69. The number of carbonyl (C=O) groups excluding carboxylic acids is 3. The van der Waals surface area contributed by atoms with Gasteiger partial charge in [-0.3, -0.25) is 19.0 Å². The highest BCUT2D eigenvalue weighted by molar-refractivity contribution is 6.27. The molecule has 5 heteroatoms. The number of hydrogen-bond acceptors (Lipinski definition) is 3. The van der Waals surface area contributed by atoms with E-state index in [-0.39, 0.29) is 35.0 Å². The Balaban J connectivity index is 1.65. The molecule has 154 valence electrons. The molecule has 1 aromatic rings. The molecule has 1 aliphatic heterocycles. The Kier molecular flexibility index (Phi) is 5.32. The Labute approximate surface area is 172 Å². The quantitative estimate of drug-likeness (QED) is 0.555. The second-order valence-corrected chi connectivity index (χ2v) is 8.57. The number of ketones is 1. The van der Waals surface area contributed by atoms with Crippen LogP contribution in [0.1, 0.15) is 67.3 Å². The second-order valence-electron chi connectivity index (χ2n) is 8.57. The number of hydrogen-bond donors (Lipinski definition) is 0. The van der Waals surface area contributed by atoms with Crippen molar-refractivity contribution in [2.45, 2.75) is 46.5 Å². The average Bonchev–Trinajstić information content (AvgIpc) is 3.28. The molecule has 0 saturated heterocycles. The van der Waals surface area contributed by atoms with Crippen LogP contribution in [0.2, 0.25) is 0 Å². The number of amides is 1. The summed E-state index contributed by atoms with van der Waals surface area (Å²) >= 11 is 0. The predicted molar refractivity (Wildman–Crippen MR) is 113 cm³/mol. The molecule has 0 aromatic carbocycles. The standard InChI is InChI=1S/C24H30N2O3/c1-4-25(5-2)23(28)18-12-13-26-20(18)14-19(24(26)29)22(27)21-15(3)10-11-16-8-6-7-9-17(16)21/h10-17,21H,4-9H2,1-3H3. The topological polar surface area (TPSA) is 59.4 Å². The molecule has 0 radical (unpaired) electrons. The Hall–Kier alpha value is -2.43. The predicted octanol–water partition coefficient (Wildman–Crippen LogP) is 4.20. The van der Waals surface area contributed by atoms with Crippen LogP contribution < -0.4 is 0 Å². The molecule has 1 saturated carbocycles. The summed E-state index contributed by atoms with van der Waals surface area (Å²) < 4.78 is 1.46. The minimum atomic E-state index is -0.294. The van der Waals surface area contributed by atoms with Gasteiger partial charge in [0.05, 0.1) is 16.8 Å². The fourth-order valence-corrected chi connectivity index (χ4v) is 5.45. The zero-order valence-corrected chi connectivity index (χ0v) is 17.6. The van der Waals surface area contributed by atoms with E-state index in [0.717, 1.165) is 19.3 Å². The van der Waals surface area contributed by atoms with Crippen LogP contribution >= 0.6 is 0 Å². The first-order valence-electron chi connectivity index (χ1n) is 11.0. The molecular weight excluding hydrogens is 364 g/mol. The van der Waals surface area contributed by atoms with Gasteiger partial charge in [0.2, 0.25) is 0 Å². The maximum Gasteiger partial charge on any atom is 0.266 e. The minimum absolute atomic E-state index is 0.0475. The summed E-state index contributed by atoms with van der Waals surface area (Å²) in [5.74, 6) is 0.319. The zero-order chi connectivity index (χ0) is 20.7. The Morgan fingerprint density at radius 2 is 1.86 bits per heavy atom. The number of carbonyl (C=O) groups is 3. The third-order valence-electron chi connectivity index (χ3n) is 7.07. The number of nitrogens with zero attached hydrogens (tertiary/aromatic N) is 2. The van der Waals surface area contributed by atoms with Gasteiger partial charge in [0, 0.05) is 25.2 Å². The average molecular weight is 395 g/mol. The summed E-state index contributed by atoms with van der Waals surface area (Å²) in [4.78, 5) is 41.1. The van der Waals surface area contributed by atoms with E-state index in [1.807, 2.05) is 13.8 Å².